The van der Waals surface area contributed by atoms with E-state index in [-0.39, 0.29) is 12.2 Å². The molecule has 5 aromatic rings. The molecule has 234 valence electrons. The van der Waals surface area contributed by atoms with E-state index in [0.717, 1.165) is 49.6 Å². The Labute approximate surface area is 279 Å². The Morgan fingerprint density at radius 2 is 1.67 bits per heavy atom. The van der Waals surface area contributed by atoms with Gasteiger partial charge in [-0.3, -0.25) is 9.36 Å². The minimum Gasteiger partial charge on any atom is -0.489 e. The number of thiazole rings is 1. The average molecular weight is 697 g/mol. The molecule has 1 aliphatic heterocycles. The highest BCUT2D eigenvalue weighted by molar-refractivity contribution is 9.10. The maximum Gasteiger partial charge on any atom is 0.338 e. The van der Waals surface area contributed by atoms with Gasteiger partial charge < -0.3 is 14.0 Å². The van der Waals surface area contributed by atoms with Crippen LogP contribution in [0, 0.1) is 20.8 Å². The van der Waals surface area contributed by atoms with E-state index in [1.807, 2.05) is 92.7 Å². The SMILES string of the molecule is CCOC(=O)C1=C(C)N=c2s/c(=C\c3cc(C)n(-c4ccc(OCc5ccc(Br)cc5)cc4)c3C)c(=O)n2[C@H]1c1ccc(C)cc1. The lowest BCUT2D eigenvalue weighted by molar-refractivity contribution is -0.139. The lowest BCUT2D eigenvalue weighted by Crippen LogP contribution is -2.39. The van der Waals surface area contributed by atoms with Crippen molar-refractivity contribution in [2.75, 3.05) is 6.61 Å². The van der Waals surface area contributed by atoms with Crippen LogP contribution in [0.3, 0.4) is 0 Å². The Hall–Kier alpha value is -4.47. The highest BCUT2D eigenvalue weighted by Gasteiger charge is 2.33. The Balaban J connectivity index is 1.34. The summed E-state index contributed by atoms with van der Waals surface area (Å²) in [4.78, 5) is 32.5. The summed E-state index contributed by atoms with van der Waals surface area (Å²) in [7, 11) is 0. The van der Waals surface area contributed by atoms with E-state index >= 15 is 0 Å². The third-order valence-electron chi connectivity index (χ3n) is 8.08. The number of esters is 1. The summed E-state index contributed by atoms with van der Waals surface area (Å²) in [6, 6.07) is 25.4. The predicted molar refractivity (Wildman–Crippen MR) is 185 cm³/mol. The Bertz CT molecular complexity index is 2140. The van der Waals surface area contributed by atoms with Gasteiger partial charge in [0, 0.05) is 21.5 Å². The number of hydrogen-bond donors (Lipinski definition) is 0. The molecule has 3 heterocycles. The van der Waals surface area contributed by atoms with Crippen molar-refractivity contribution in [1.29, 1.82) is 0 Å². The van der Waals surface area contributed by atoms with Crippen LogP contribution in [-0.2, 0) is 16.1 Å². The number of allylic oxidation sites excluding steroid dienone is 1. The Morgan fingerprint density at radius 3 is 2.35 bits per heavy atom. The third-order valence-corrected chi connectivity index (χ3v) is 9.59. The summed E-state index contributed by atoms with van der Waals surface area (Å²) in [5.74, 6) is 0.327. The molecule has 1 atom stereocenters. The van der Waals surface area contributed by atoms with Crippen LogP contribution in [0.25, 0.3) is 11.8 Å². The summed E-state index contributed by atoms with van der Waals surface area (Å²) in [6.45, 7) is 10.4. The van der Waals surface area contributed by atoms with Gasteiger partial charge in [-0.1, -0.05) is 69.2 Å². The van der Waals surface area contributed by atoms with Crippen LogP contribution in [0.4, 0.5) is 0 Å². The van der Waals surface area contributed by atoms with Crippen LogP contribution in [0.5, 0.6) is 5.75 Å². The van der Waals surface area contributed by atoms with Crippen molar-refractivity contribution < 1.29 is 14.3 Å². The summed E-state index contributed by atoms with van der Waals surface area (Å²) < 4.78 is 16.8. The number of fused-ring (bicyclic) bond motifs is 1. The predicted octanol–water partition coefficient (Wildman–Crippen LogP) is 6.86. The average Bonchev–Trinajstić information content (AvgIpc) is 3.50. The third kappa shape index (κ3) is 6.17. The molecule has 1 aliphatic rings. The second-order valence-corrected chi connectivity index (χ2v) is 13.2. The van der Waals surface area contributed by atoms with Gasteiger partial charge >= 0.3 is 5.97 Å². The number of aromatic nitrogens is 2. The first-order valence-electron chi connectivity index (χ1n) is 15.1. The molecule has 0 spiro atoms. The zero-order chi connectivity index (χ0) is 32.5. The van der Waals surface area contributed by atoms with Gasteiger partial charge in [0.1, 0.15) is 12.4 Å². The molecule has 2 aromatic heterocycles. The van der Waals surface area contributed by atoms with Gasteiger partial charge in [-0.25, -0.2) is 9.79 Å². The van der Waals surface area contributed by atoms with E-state index in [9.17, 15) is 9.59 Å². The largest absolute Gasteiger partial charge is 0.489 e. The fraction of sp³-hybridized carbons (Fsp3) is 0.216. The van der Waals surface area contributed by atoms with Crippen LogP contribution in [0.15, 0.2) is 104 Å². The number of rotatable bonds is 8. The van der Waals surface area contributed by atoms with E-state index in [0.29, 0.717) is 27.2 Å². The molecule has 3 aromatic carbocycles. The van der Waals surface area contributed by atoms with E-state index in [4.69, 9.17) is 14.5 Å². The molecule has 0 unspecified atom stereocenters. The fourth-order valence-corrected chi connectivity index (χ4v) is 7.07. The fourth-order valence-electron chi connectivity index (χ4n) is 5.77. The van der Waals surface area contributed by atoms with Gasteiger partial charge in [0.05, 0.1) is 28.5 Å². The molecule has 0 saturated heterocycles. The van der Waals surface area contributed by atoms with E-state index in [1.165, 1.54) is 11.3 Å². The standard InChI is InChI=1S/C37H34BrN3O4S/c1-6-44-36(43)33-24(4)39-37-41(34(33)27-11-7-22(2)8-12-27)35(42)32(46-37)20-28-19-23(3)40(25(28)5)30-15-17-31(18-16-30)45-21-26-9-13-29(38)14-10-26/h7-20,34H,6,21H2,1-5H3/b32-20-/t34-/m0/s1. The number of hydrogen-bond acceptors (Lipinski definition) is 6. The zero-order valence-corrected chi connectivity index (χ0v) is 28.7. The van der Waals surface area contributed by atoms with Crippen LogP contribution in [0.2, 0.25) is 0 Å². The van der Waals surface area contributed by atoms with E-state index < -0.39 is 12.0 Å². The van der Waals surface area contributed by atoms with Gasteiger partial charge in [-0.15, -0.1) is 0 Å². The highest BCUT2D eigenvalue weighted by Crippen LogP contribution is 2.31. The van der Waals surface area contributed by atoms with Crippen LogP contribution in [0.1, 0.15) is 53.5 Å². The number of nitrogens with zero attached hydrogens (tertiary/aromatic N) is 3. The van der Waals surface area contributed by atoms with E-state index in [2.05, 4.69) is 33.5 Å². The summed E-state index contributed by atoms with van der Waals surface area (Å²) >= 11 is 4.79. The number of carbonyl (C=O) groups is 1. The minimum atomic E-state index is -0.630. The number of halogens is 1. The Morgan fingerprint density at radius 1 is 0.978 bits per heavy atom. The normalized spacial score (nSPS) is 14.7. The molecule has 0 fully saturated rings. The Kier molecular flexibility index (Phi) is 8.97. The maximum atomic E-state index is 14.1. The van der Waals surface area contributed by atoms with E-state index in [1.54, 1.807) is 18.4 Å². The first kappa shape index (κ1) is 31.5. The molecule has 46 heavy (non-hydrogen) atoms. The monoisotopic (exact) mass is 695 g/mol. The van der Waals surface area contributed by atoms with Crippen LogP contribution >= 0.6 is 27.3 Å². The smallest absolute Gasteiger partial charge is 0.338 e. The second kappa shape index (κ2) is 13.1. The molecule has 0 N–H and O–H groups in total. The number of aryl methyl sites for hydroxylation is 2. The zero-order valence-electron chi connectivity index (χ0n) is 26.3. The van der Waals surface area contributed by atoms with Crippen molar-refractivity contribution in [3.8, 4) is 11.4 Å². The molecule has 0 amide bonds. The van der Waals surface area contributed by atoms with Gasteiger partial charge in [-0.05, 0) is 99.8 Å². The van der Waals surface area contributed by atoms with Gasteiger partial charge in [0.2, 0.25) is 0 Å². The number of benzene rings is 3. The maximum absolute atomic E-state index is 14.1. The molecule has 0 radical (unpaired) electrons. The lowest BCUT2D eigenvalue weighted by atomic mass is 9.95. The molecule has 0 saturated carbocycles. The van der Waals surface area contributed by atoms with Crippen LogP contribution < -0.4 is 19.6 Å². The second-order valence-electron chi connectivity index (χ2n) is 11.3. The van der Waals surface area contributed by atoms with Crippen molar-refractivity contribution in [3.63, 3.8) is 0 Å². The molecule has 9 heteroatoms. The van der Waals surface area contributed by atoms with Crippen molar-refractivity contribution in [2.45, 2.75) is 47.3 Å². The minimum absolute atomic E-state index is 0.194. The first-order chi connectivity index (χ1) is 22.1. The van der Waals surface area contributed by atoms with Gasteiger partial charge in [0.15, 0.2) is 4.80 Å². The molecule has 6 rings (SSSR count). The topological polar surface area (TPSA) is 74.8 Å². The summed E-state index contributed by atoms with van der Waals surface area (Å²) in [6.07, 6.45) is 1.92. The van der Waals surface area contributed by atoms with Gasteiger partial charge in [-0.2, -0.15) is 0 Å². The molecule has 0 aliphatic carbocycles. The molecular formula is C37H34BrN3O4S. The van der Waals surface area contributed by atoms with Crippen molar-refractivity contribution >= 4 is 39.3 Å². The first-order valence-corrected chi connectivity index (χ1v) is 16.7. The lowest BCUT2D eigenvalue weighted by Gasteiger charge is -2.24. The van der Waals surface area contributed by atoms with Crippen molar-refractivity contribution in [1.82, 2.24) is 9.13 Å². The molecule has 0 bridgehead atoms. The summed E-state index contributed by atoms with van der Waals surface area (Å²) in [5, 5.41) is 0. The molecular weight excluding hydrogens is 662 g/mol. The van der Waals surface area contributed by atoms with Crippen molar-refractivity contribution in [3.05, 3.63) is 148 Å². The highest BCUT2D eigenvalue weighted by atomic mass is 79.9. The number of ether oxygens (including phenoxy) is 2. The molecule has 7 nitrogen and oxygen atoms in total. The summed E-state index contributed by atoms with van der Waals surface area (Å²) in [5.41, 5.74) is 7.74. The van der Waals surface area contributed by atoms with Crippen molar-refractivity contribution in [2.24, 2.45) is 4.99 Å². The van der Waals surface area contributed by atoms with Crippen LogP contribution in [-0.4, -0.2) is 21.7 Å². The van der Waals surface area contributed by atoms with Gasteiger partial charge in [0.25, 0.3) is 5.56 Å². The quantitative estimate of drug-likeness (QED) is 0.166. The number of carbonyl (C=O) groups excluding carboxylic acids is 1.